The average Bonchev–Trinajstić information content (AvgIpc) is 3.41. The molecule has 41 heavy (non-hydrogen) atoms. The molecule has 0 radical (unpaired) electrons. The van der Waals surface area contributed by atoms with Crippen molar-refractivity contribution in [3.63, 3.8) is 0 Å². The van der Waals surface area contributed by atoms with Gasteiger partial charge in [-0.25, -0.2) is 9.78 Å². The van der Waals surface area contributed by atoms with Crippen molar-refractivity contribution in [3.05, 3.63) is 116 Å². The van der Waals surface area contributed by atoms with Gasteiger partial charge in [-0.1, -0.05) is 74.0 Å². The number of H-pyrrole nitrogens is 1. The quantitative estimate of drug-likeness (QED) is 0.193. The second kappa shape index (κ2) is 13.4. The van der Waals surface area contributed by atoms with Crippen LogP contribution in [-0.4, -0.2) is 26.3 Å². The van der Waals surface area contributed by atoms with Gasteiger partial charge in [0.05, 0.1) is 18.0 Å². The molecule has 0 unspecified atom stereocenters. The van der Waals surface area contributed by atoms with Crippen LogP contribution in [0.2, 0.25) is 0 Å². The van der Waals surface area contributed by atoms with Crippen LogP contribution in [0.15, 0.2) is 86.9 Å². The highest BCUT2D eigenvalue weighted by atomic mass is 79.9. The van der Waals surface area contributed by atoms with E-state index in [-0.39, 0.29) is 22.5 Å². The SMILES string of the molecule is Br.CCCOc1ccc(-n2c(C)nc(CCC)c(Cc3ccc(-c4ccccc4-c4noc(=O)[nH]4)cc3)c2=O)cc1. The van der Waals surface area contributed by atoms with Crippen LogP contribution in [0.5, 0.6) is 5.75 Å². The Hall–Kier alpha value is -4.24. The van der Waals surface area contributed by atoms with Crippen molar-refractivity contribution < 1.29 is 9.26 Å². The zero-order valence-electron chi connectivity index (χ0n) is 23.3. The van der Waals surface area contributed by atoms with Crippen molar-refractivity contribution >= 4 is 17.0 Å². The third-order valence-electron chi connectivity index (χ3n) is 6.75. The highest BCUT2D eigenvalue weighted by Gasteiger charge is 2.17. The van der Waals surface area contributed by atoms with Crippen LogP contribution in [0.1, 0.15) is 49.3 Å². The van der Waals surface area contributed by atoms with Crippen molar-refractivity contribution in [2.45, 2.75) is 46.5 Å². The van der Waals surface area contributed by atoms with Crippen LogP contribution in [0.4, 0.5) is 0 Å². The summed E-state index contributed by atoms with van der Waals surface area (Å²) in [6, 6.07) is 23.3. The Morgan fingerprint density at radius 3 is 2.24 bits per heavy atom. The van der Waals surface area contributed by atoms with Crippen LogP contribution in [0.3, 0.4) is 0 Å². The maximum absolute atomic E-state index is 13.9. The molecule has 0 amide bonds. The Bertz CT molecular complexity index is 1720. The largest absolute Gasteiger partial charge is 0.494 e. The third kappa shape index (κ3) is 6.57. The van der Waals surface area contributed by atoms with Crippen molar-refractivity contribution in [2.75, 3.05) is 6.61 Å². The van der Waals surface area contributed by atoms with Crippen LogP contribution >= 0.6 is 17.0 Å². The molecule has 0 saturated carbocycles. The van der Waals surface area contributed by atoms with Gasteiger partial charge in [-0.15, -0.1) is 17.0 Å². The molecule has 8 nitrogen and oxygen atoms in total. The molecule has 0 fully saturated rings. The zero-order valence-corrected chi connectivity index (χ0v) is 25.1. The van der Waals surface area contributed by atoms with Crippen molar-refractivity contribution in [3.8, 4) is 34.0 Å². The number of hydrogen-bond donors (Lipinski definition) is 1. The summed E-state index contributed by atoms with van der Waals surface area (Å²) in [5, 5.41) is 3.85. The molecule has 0 aliphatic carbocycles. The van der Waals surface area contributed by atoms with E-state index in [1.165, 1.54) is 0 Å². The third-order valence-corrected chi connectivity index (χ3v) is 6.75. The molecule has 9 heteroatoms. The lowest BCUT2D eigenvalue weighted by molar-refractivity contribution is 0.317. The molecule has 2 heterocycles. The summed E-state index contributed by atoms with van der Waals surface area (Å²) in [4.78, 5) is 32.9. The topological polar surface area (TPSA) is 103 Å². The minimum Gasteiger partial charge on any atom is -0.494 e. The predicted octanol–water partition coefficient (Wildman–Crippen LogP) is 6.46. The smallest absolute Gasteiger partial charge is 0.439 e. The van der Waals surface area contributed by atoms with E-state index in [1.807, 2.05) is 79.7 Å². The summed E-state index contributed by atoms with van der Waals surface area (Å²) in [5.74, 6) is 1.23. The van der Waals surface area contributed by atoms with Gasteiger partial charge in [0.25, 0.3) is 5.56 Å². The van der Waals surface area contributed by atoms with Gasteiger partial charge in [0.15, 0.2) is 5.82 Å². The summed E-state index contributed by atoms with van der Waals surface area (Å²) in [5.41, 5.74) is 5.90. The maximum atomic E-state index is 13.9. The first-order chi connectivity index (χ1) is 19.5. The number of aryl methyl sites for hydroxylation is 2. The predicted molar refractivity (Wildman–Crippen MR) is 165 cm³/mol. The Morgan fingerprint density at radius 2 is 1.61 bits per heavy atom. The van der Waals surface area contributed by atoms with Gasteiger partial charge in [0.1, 0.15) is 11.6 Å². The zero-order chi connectivity index (χ0) is 28.1. The van der Waals surface area contributed by atoms with Gasteiger partial charge in [-0.05, 0) is 60.7 Å². The Morgan fingerprint density at radius 1 is 0.902 bits per heavy atom. The number of aromatic amines is 1. The minimum absolute atomic E-state index is 0. The Balaban J connectivity index is 0.00000387. The second-order valence-corrected chi connectivity index (χ2v) is 9.68. The van der Waals surface area contributed by atoms with Crippen LogP contribution < -0.4 is 16.1 Å². The Kier molecular flexibility index (Phi) is 9.73. The van der Waals surface area contributed by atoms with Gasteiger partial charge in [-0.2, -0.15) is 0 Å². The first kappa shape index (κ1) is 29.7. The van der Waals surface area contributed by atoms with Gasteiger partial charge in [0, 0.05) is 17.5 Å². The molecule has 0 aliphatic rings. The molecule has 0 spiro atoms. The molecule has 5 aromatic rings. The van der Waals surface area contributed by atoms with Gasteiger partial charge < -0.3 is 4.74 Å². The van der Waals surface area contributed by atoms with E-state index in [4.69, 9.17) is 14.2 Å². The maximum Gasteiger partial charge on any atom is 0.439 e. The van der Waals surface area contributed by atoms with E-state index in [0.717, 1.165) is 58.6 Å². The summed E-state index contributed by atoms with van der Waals surface area (Å²) in [6.45, 7) is 6.69. The highest BCUT2D eigenvalue weighted by Crippen LogP contribution is 2.30. The summed E-state index contributed by atoms with van der Waals surface area (Å²) >= 11 is 0. The van der Waals surface area contributed by atoms with Crippen molar-refractivity contribution in [1.29, 1.82) is 0 Å². The molecule has 3 aromatic carbocycles. The first-order valence-corrected chi connectivity index (χ1v) is 13.6. The molecule has 212 valence electrons. The standard InChI is InChI=1S/C32H32N4O4.BrH/c1-4-8-29-28(31(37)36(21(3)33-29)24-15-17-25(18-16-24)39-19-5-2)20-22-11-13-23(14-12-22)26-9-6-7-10-27(26)30-34-32(38)40-35-30;/h6-7,9-18H,4-5,8,19-20H2,1-3H3,(H,34,35,38);1H. The second-order valence-electron chi connectivity index (χ2n) is 9.68. The number of rotatable bonds is 10. The number of nitrogens with zero attached hydrogens (tertiary/aromatic N) is 3. The lowest BCUT2D eigenvalue weighted by atomic mass is 9.96. The molecule has 0 saturated heterocycles. The number of ether oxygens (including phenoxy) is 1. The normalized spacial score (nSPS) is 10.8. The van der Waals surface area contributed by atoms with Gasteiger partial charge in [-0.3, -0.25) is 18.9 Å². The molecule has 5 rings (SSSR count). The van der Waals surface area contributed by atoms with E-state index in [2.05, 4.69) is 24.0 Å². The van der Waals surface area contributed by atoms with E-state index < -0.39 is 5.76 Å². The number of halogens is 1. The summed E-state index contributed by atoms with van der Waals surface area (Å²) in [6.07, 6.45) is 3.03. The van der Waals surface area contributed by atoms with E-state index >= 15 is 0 Å². The molecule has 0 atom stereocenters. The van der Waals surface area contributed by atoms with Crippen LogP contribution in [-0.2, 0) is 12.8 Å². The lowest BCUT2D eigenvalue weighted by Crippen LogP contribution is -2.28. The lowest BCUT2D eigenvalue weighted by Gasteiger charge is -2.16. The van der Waals surface area contributed by atoms with Crippen molar-refractivity contribution in [1.82, 2.24) is 19.7 Å². The number of aromatic nitrogens is 4. The molecular formula is C32H33BrN4O4. The van der Waals surface area contributed by atoms with Crippen molar-refractivity contribution in [2.24, 2.45) is 0 Å². The molecule has 0 aliphatic heterocycles. The van der Waals surface area contributed by atoms with Gasteiger partial charge >= 0.3 is 5.76 Å². The fraction of sp³-hybridized carbons (Fsp3) is 0.250. The number of hydrogen-bond acceptors (Lipinski definition) is 6. The minimum atomic E-state index is -0.596. The molecule has 0 bridgehead atoms. The fourth-order valence-corrected chi connectivity index (χ4v) is 4.85. The monoisotopic (exact) mass is 616 g/mol. The fourth-order valence-electron chi connectivity index (χ4n) is 4.85. The van der Waals surface area contributed by atoms with E-state index in [1.54, 1.807) is 4.57 Å². The number of benzene rings is 3. The summed E-state index contributed by atoms with van der Waals surface area (Å²) < 4.78 is 12.1. The van der Waals surface area contributed by atoms with E-state index in [0.29, 0.717) is 30.2 Å². The van der Waals surface area contributed by atoms with Crippen LogP contribution in [0.25, 0.3) is 28.2 Å². The first-order valence-electron chi connectivity index (χ1n) is 13.6. The average molecular weight is 618 g/mol. The Labute approximate surface area is 248 Å². The number of nitrogens with one attached hydrogen (secondary N) is 1. The molecular weight excluding hydrogens is 584 g/mol. The van der Waals surface area contributed by atoms with Crippen LogP contribution in [0, 0.1) is 6.92 Å². The highest BCUT2D eigenvalue weighted by molar-refractivity contribution is 8.93. The summed E-state index contributed by atoms with van der Waals surface area (Å²) in [7, 11) is 0. The van der Waals surface area contributed by atoms with E-state index in [9.17, 15) is 9.59 Å². The van der Waals surface area contributed by atoms with Gasteiger partial charge in [0.2, 0.25) is 0 Å². The molecule has 1 N–H and O–H groups in total. The molecule has 2 aromatic heterocycles.